The molecule has 0 saturated heterocycles. The summed E-state index contributed by atoms with van der Waals surface area (Å²) in [5.74, 6) is 0.724. The van der Waals surface area contributed by atoms with Crippen molar-refractivity contribution in [2.45, 2.75) is 45.6 Å². The molecule has 0 aromatic heterocycles. The van der Waals surface area contributed by atoms with Crippen LogP contribution in [-0.2, 0) is 0 Å². The molecule has 1 aromatic carbocycles. The first kappa shape index (κ1) is 14.2. The van der Waals surface area contributed by atoms with E-state index in [2.05, 4.69) is 19.2 Å². The number of hydrogen-bond acceptors (Lipinski definition) is 2. The lowest BCUT2D eigenvalue weighted by atomic mass is 10.1. The van der Waals surface area contributed by atoms with Gasteiger partial charge in [-0.25, -0.2) is 0 Å². The lowest BCUT2D eigenvalue weighted by Gasteiger charge is -2.18. The Balaban J connectivity index is 2.65. The lowest BCUT2D eigenvalue weighted by Crippen LogP contribution is -2.18. The third-order valence-corrected chi connectivity index (χ3v) is 3.23. The van der Waals surface area contributed by atoms with Gasteiger partial charge in [0.2, 0.25) is 0 Å². The number of nitrogens with one attached hydrogen (secondary N) is 1. The molecule has 1 rings (SSSR count). The molecule has 1 unspecified atom stereocenters. The van der Waals surface area contributed by atoms with Crippen LogP contribution in [0, 0.1) is 0 Å². The van der Waals surface area contributed by atoms with E-state index >= 15 is 0 Å². The summed E-state index contributed by atoms with van der Waals surface area (Å²) < 4.78 is 5.21. The second-order valence-electron chi connectivity index (χ2n) is 4.24. The molecule has 0 saturated carbocycles. The van der Waals surface area contributed by atoms with Gasteiger partial charge in [-0.2, -0.15) is 0 Å². The first-order valence-corrected chi connectivity index (χ1v) is 6.69. The molecule has 1 atom stereocenters. The predicted octanol–water partition coefficient (Wildman–Crippen LogP) is 4.73. The first-order valence-electron chi connectivity index (χ1n) is 6.31. The van der Waals surface area contributed by atoms with Crippen LogP contribution in [0.15, 0.2) is 18.2 Å². The Morgan fingerprint density at radius 3 is 2.71 bits per heavy atom. The van der Waals surface area contributed by atoms with Gasteiger partial charge in [0, 0.05) is 17.8 Å². The number of anilines is 1. The molecule has 1 N–H and O–H groups in total. The molecule has 96 valence electrons. The van der Waals surface area contributed by atoms with Gasteiger partial charge in [0.05, 0.1) is 12.1 Å². The molecule has 17 heavy (non-hydrogen) atoms. The maximum atomic E-state index is 6.00. The third kappa shape index (κ3) is 4.47. The Bertz CT molecular complexity index is 341. The Hall–Kier alpha value is -0.890. The van der Waals surface area contributed by atoms with Crippen molar-refractivity contribution in [1.82, 2.24) is 0 Å². The van der Waals surface area contributed by atoms with Crippen molar-refractivity contribution in [1.29, 1.82) is 0 Å². The summed E-state index contributed by atoms with van der Waals surface area (Å²) in [6, 6.07) is 6.35. The van der Waals surface area contributed by atoms with Gasteiger partial charge in [-0.15, -0.1) is 0 Å². The summed E-state index contributed by atoms with van der Waals surface area (Å²) in [4.78, 5) is 0. The average Bonchev–Trinajstić information content (AvgIpc) is 2.36. The molecule has 0 amide bonds. The molecule has 0 aliphatic rings. The van der Waals surface area contributed by atoms with Gasteiger partial charge < -0.3 is 10.1 Å². The van der Waals surface area contributed by atoms with E-state index in [-0.39, 0.29) is 0 Å². The van der Waals surface area contributed by atoms with Crippen molar-refractivity contribution >= 4 is 17.3 Å². The van der Waals surface area contributed by atoms with Gasteiger partial charge in [0.15, 0.2) is 0 Å². The Kier molecular flexibility index (Phi) is 6.20. The molecule has 0 fully saturated rings. The van der Waals surface area contributed by atoms with Crippen molar-refractivity contribution < 1.29 is 4.74 Å². The standard InChI is InChI=1S/C14H22ClNO/c1-4-6-7-11(5-2)16-12-8-9-13(15)14(10-12)17-3/h8-11,16H,4-7H2,1-3H3. The van der Waals surface area contributed by atoms with Crippen LogP contribution in [-0.4, -0.2) is 13.2 Å². The number of methoxy groups -OCH3 is 1. The number of hydrogen-bond donors (Lipinski definition) is 1. The second-order valence-corrected chi connectivity index (χ2v) is 4.65. The summed E-state index contributed by atoms with van der Waals surface area (Å²) in [5, 5.41) is 4.18. The molecule has 0 radical (unpaired) electrons. The largest absolute Gasteiger partial charge is 0.495 e. The number of benzene rings is 1. The normalized spacial score (nSPS) is 12.2. The van der Waals surface area contributed by atoms with Crippen molar-refractivity contribution in [2.75, 3.05) is 12.4 Å². The lowest BCUT2D eigenvalue weighted by molar-refractivity contribution is 0.415. The summed E-state index contributed by atoms with van der Waals surface area (Å²) in [6.45, 7) is 4.43. The van der Waals surface area contributed by atoms with Crippen LogP contribution in [0.5, 0.6) is 5.75 Å². The van der Waals surface area contributed by atoms with E-state index in [4.69, 9.17) is 16.3 Å². The molecule has 0 heterocycles. The fourth-order valence-corrected chi connectivity index (χ4v) is 2.01. The molecule has 0 bridgehead atoms. The van der Waals surface area contributed by atoms with Crippen molar-refractivity contribution in [3.8, 4) is 5.75 Å². The van der Waals surface area contributed by atoms with E-state index in [9.17, 15) is 0 Å². The number of unbranched alkanes of at least 4 members (excludes halogenated alkanes) is 1. The maximum absolute atomic E-state index is 6.00. The summed E-state index contributed by atoms with van der Waals surface area (Å²) in [5.41, 5.74) is 1.08. The van der Waals surface area contributed by atoms with Gasteiger partial charge in [-0.3, -0.25) is 0 Å². The first-order chi connectivity index (χ1) is 8.21. The zero-order valence-electron chi connectivity index (χ0n) is 10.9. The molecular weight excluding hydrogens is 234 g/mol. The van der Waals surface area contributed by atoms with Gasteiger partial charge in [0.1, 0.15) is 5.75 Å². The van der Waals surface area contributed by atoms with Crippen LogP contribution in [0.2, 0.25) is 5.02 Å². The van der Waals surface area contributed by atoms with Crippen molar-refractivity contribution in [2.24, 2.45) is 0 Å². The molecular formula is C14H22ClNO. The molecule has 3 heteroatoms. The van der Waals surface area contributed by atoms with E-state index < -0.39 is 0 Å². The van der Waals surface area contributed by atoms with Gasteiger partial charge in [-0.1, -0.05) is 38.3 Å². The maximum Gasteiger partial charge on any atom is 0.139 e. The molecule has 1 aromatic rings. The van der Waals surface area contributed by atoms with Crippen LogP contribution < -0.4 is 10.1 Å². The Labute approximate surface area is 109 Å². The van der Waals surface area contributed by atoms with E-state index in [0.717, 1.165) is 17.9 Å². The second kappa shape index (κ2) is 7.44. The summed E-state index contributed by atoms with van der Waals surface area (Å²) in [7, 11) is 1.64. The topological polar surface area (TPSA) is 21.3 Å². The minimum Gasteiger partial charge on any atom is -0.495 e. The monoisotopic (exact) mass is 255 g/mol. The third-order valence-electron chi connectivity index (χ3n) is 2.92. The minimum absolute atomic E-state index is 0.529. The molecule has 2 nitrogen and oxygen atoms in total. The predicted molar refractivity (Wildman–Crippen MR) is 75.2 cm³/mol. The summed E-state index contributed by atoms with van der Waals surface area (Å²) in [6.07, 6.45) is 4.83. The molecule has 0 spiro atoms. The highest BCUT2D eigenvalue weighted by atomic mass is 35.5. The van der Waals surface area contributed by atoms with Gasteiger partial charge in [0.25, 0.3) is 0 Å². The van der Waals surface area contributed by atoms with E-state index in [1.807, 2.05) is 18.2 Å². The number of rotatable bonds is 7. The van der Waals surface area contributed by atoms with Gasteiger partial charge >= 0.3 is 0 Å². The molecule has 0 aliphatic heterocycles. The van der Waals surface area contributed by atoms with E-state index in [0.29, 0.717) is 11.1 Å². The van der Waals surface area contributed by atoms with Crippen LogP contribution in [0.25, 0.3) is 0 Å². The average molecular weight is 256 g/mol. The smallest absolute Gasteiger partial charge is 0.139 e. The fraction of sp³-hybridized carbons (Fsp3) is 0.571. The summed E-state index contributed by atoms with van der Waals surface area (Å²) >= 11 is 6.00. The van der Waals surface area contributed by atoms with Gasteiger partial charge in [-0.05, 0) is 25.0 Å². The highest BCUT2D eigenvalue weighted by Gasteiger charge is 2.07. The highest BCUT2D eigenvalue weighted by molar-refractivity contribution is 6.32. The quantitative estimate of drug-likeness (QED) is 0.761. The fourth-order valence-electron chi connectivity index (χ4n) is 1.81. The van der Waals surface area contributed by atoms with E-state index in [1.165, 1.54) is 19.3 Å². The Morgan fingerprint density at radius 2 is 2.12 bits per heavy atom. The molecule has 0 aliphatic carbocycles. The highest BCUT2D eigenvalue weighted by Crippen LogP contribution is 2.28. The van der Waals surface area contributed by atoms with Crippen molar-refractivity contribution in [3.05, 3.63) is 23.2 Å². The van der Waals surface area contributed by atoms with Crippen LogP contribution >= 0.6 is 11.6 Å². The zero-order valence-corrected chi connectivity index (χ0v) is 11.7. The minimum atomic E-state index is 0.529. The van der Waals surface area contributed by atoms with Crippen LogP contribution in [0.3, 0.4) is 0 Å². The van der Waals surface area contributed by atoms with Crippen LogP contribution in [0.4, 0.5) is 5.69 Å². The number of ether oxygens (including phenoxy) is 1. The Morgan fingerprint density at radius 1 is 1.35 bits per heavy atom. The number of halogens is 1. The van der Waals surface area contributed by atoms with Crippen LogP contribution in [0.1, 0.15) is 39.5 Å². The van der Waals surface area contributed by atoms with Crippen molar-refractivity contribution in [3.63, 3.8) is 0 Å². The SMILES string of the molecule is CCCCC(CC)Nc1ccc(Cl)c(OC)c1. The zero-order chi connectivity index (χ0) is 12.7. The van der Waals surface area contributed by atoms with E-state index in [1.54, 1.807) is 7.11 Å².